The molecule has 0 unspecified atom stereocenters. The van der Waals surface area contributed by atoms with E-state index in [2.05, 4.69) is 0 Å². The van der Waals surface area contributed by atoms with Gasteiger partial charge in [0.15, 0.2) is 0 Å². The second-order valence-electron chi connectivity index (χ2n) is 2.20. The summed E-state index contributed by atoms with van der Waals surface area (Å²) in [5, 5.41) is 9.13. The van der Waals surface area contributed by atoms with Crippen LogP contribution in [0.15, 0.2) is 0 Å². The number of hydrogen-bond acceptors (Lipinski definition) is 1. The number of hydrogen-bond donors (Lipinski definition) is 1. The zero-order valence-electron chi connectivity index (χ0n) is 5.36. The fourth-order valence-electron chi connectivity index (χ4n) is 0.250. The molecule has 0 rings (SSSR count). The normalized spacial score (nSPS) is 10.5. The molecule has 0 fully saturated rings. The molecule has 0 bridgehead atoms. The fraction of sp³-hybridized carbons (Fsp3) is 1.00. The first-order valence-electron chi connectivity index (χ1n) is 2.84. The predicted molar refractivity (Wildman–Crippen MR) is 38.4 cm³/mol. The van der Waals surface area contributed by atoms with Crippen molar-refractivity contribution in [1.82, 2.24) is 0 Å². The predicted octanol–water partition coefficient (Wildman–Crippen LogP) is 0.909. The van der Waals surface area contributed by atoms with Gasteiger partial charge in [-0.25, -0.2) is 0 Å². The zero-order chi connectivity index (χ0) is 5.91. The van der Waals surface area contributed by atoms with E-state index in [4.69, 9.17) is 5.11 Å². The van der Waals surface area contributed by atoms with Crippen molar-refractivity contribution < 1.29 is 5.11 Å². The van der Waals surface area contributed by atoms with Crippen molar-refractivity contribution in [3.8, 4) is 0 Å². The summed E-state index contributed by atoms with van der Waals surface area (Å²) in [6.45, 7) is 5.83. The van der Waals surface area contributed by atoms with Gasteiger partial charge in [0.1, 0.15) is 0 Å². The van der Waals surface area contributed by atoms with Crippen molar-refractivity contribution in [2.75, 3.05) is 0 Å². The Labute approximate surface area is 63.7 Å². The van der Waals surface area contributed by atoms with Crippen molar-refractivity contribution in [3.05, 3.63) is 0 Å². The monoisotopic (exact) mass is 110 g/mol. The molecule has 0 saturated heterocycles. The van der Waals surface area contributed by atoms with Gasteiger partial charge in [0, 0.05) is 0 Å². The molecule has 0 aromatic heterocycles. The zero-order valence-corrected chi connectivity index (χ0v) is 5.36. The summed E-state index contributed by atoms with van der Waals surface area (Å²) in [5.41, 5.74) is -0.417. The molecule has 0 amide bonds. The van der Waals surface area contributed by atoms with Gasteiger partial charge in [-0.2, -0.15) is 0 Å². The maximum absolute atomic E-state index is 9.13. The van der Waals surface area contributed by atoms with Crippen LogP contribution in [-0.2, 0) is 0 Å². The molecule has 0 aromatic carbocycles. The van der Waals surface area contributed by atoms with E-state index in [0.717, 1.165) is 12.8 Å². The average molecular weight is 110 g/mol. The third-order valence-electron chi connectivity index (χ3n) is 1.52. The molecular formula is C6H15LiO. The topological polar surface area (TPSA) is 20.2 Å². The van der Waals surface area contributed by atoms with Gasteiger partial charge < -0.3 is 5.11 Å². The Balaban J connectivity index is 0. The van der Waals surface area contributed by atoms with Crippen molar-refractivity contribution >= 4 is 18.9 Å². The molecule has 1 N–H and O–H groups in total. The molecule has 1 nitrogen and oxygen atoms in total. The van der Waals surface area contributed by atoms with E-state index in [1.54, 1.807) is 0 Å². The van der Waals surface area contributed by atoms with Crippen molar-refractivity contribution in [2.24, 2.45) is 0 Å². The van der Waals surface area contributed by atoms with Gasteiger partial charge in [0.05, 0.1) is 5.60 Å². The summed E-state index contributed by atoms with van der Waals surface area (Å²) >= 11 is 0. The van der Waals surface area contributed by atoms with Crippen molar-refractivity contribution in [2.45, 2.75) is 39.2 Å². The number of rotatable bonds is 2. The van der Waals surface area contributed by atoms with Crippen molar-refractivity contribution in [1.29, 1.82) is 0 Å². The van der Waals surface area contributed by atoms with Gasteiger partial charge >= 0.3 is 18.9 Å². The van der Waals surface area contributed by atoms with Crippen LogP contribution < -0.4 is 0 Å². The molecular weight excluding hydrogens is 95.0 g/mol. The molecule has 0 aromatic rings. The van der Waals surface area contributed by atoms with Crippen molar-refractivity contribution in [3.63, 3.8) is 0 Å². The van der Waals surface area contributed by atoms with Gasteiger partial charge in [-0.1, -0.05) is 13.8 Å². The maximum atomic E-state index is 9.13. The Morgan fingerprint density at radius 2 is 1.50 bits per heavy atom. The second kappa shape index (κ2) is 4.44. The Morgan fingerprint density at radius 3 is 1.50 bits per heavy atom. The van der Waals surface area contributed by atoms with Crippen LogP contribution in [-0.4, -0.2) is 29.6 Å². The first-order chi connectivity index (χ1) is 3.12. The molecule has 0 heterocycles. The van der Waals surface area contributed by atoms with E-state index >= 15 is 0 Å². The summed E-state index contributed by atoms with van der Waals surface area (Å²) < 4.78 is 0. The molecule has 0 radical (unpaired) electrons. The minimum absolute atomic E-state index is 0. The van der Waals surface area contributed by atoms with E-state index in [1.807, 2.05) is 20.8 Å². The molecule has 0 aliphatic rings. The quantitative estimate of drug-likeness (QED) is 0.524. The van der Waals surface area contributed by atoms with Gasteiger partial charge in [0.2, 0.25) is 0 Å². The molecule has 0 aliphatic carbocycles. The van der Waals surface area contributed by atoms with Crippen LogP contribution in [0.2, 0.25) is 0 Å². The average Bonchev–Trinajstić information content (AvgIpc) is 1.68. The van der Waals surface area contributed by atoms with Crippen LogP contribution in [0.4, 0.5) is 0 Å². The molecule has 46 valence electrons. The third kappa shape index (κ3) is 4.71. The fourth-order valence-corrected chi connectivity index (χ4v) is 0.250. The minimum atomic E-state index is -0.417. The Hall–Kier alpha value is 0.557. The van der Waals surface area contributed by atoms with E-state index < -0.39 is 5.60 Å². The summed E-state index contributed by atoms with van der Waals surface area (Å²) in [6.07, 6.45) is 1.70. The molecule has 0 atom stereocenters. The van der Waals surface area contributed by atoms with Gasteiger partial charge in [0.25, 0.3) is 0 Å². The second-order valence-corrected chi connectivity index (χ2v) is 2.20. The summed E-state index contributed by atoms with van der Waals surface area (Å²) in [6, 6.07) is 0. The summed E-state index contributed by atoms with van der Waals surface area (Å²) in [4.78, 5) is 0. The number of aliphatic hydroxyl groups is 1. The van der Waals surface area contributed by atoms with Crippen LogP contribution in [0.5, 0.6) is 0 Å². The molecule has 0 saturated carbocycles. The Kier molecular flexibility index (Phi) is 6.31. The SMILES string of the molecule is CCC(C)(O)CC.[LiH]. The van der Waals surface area contributed by atoms with Crippen LogP contribution in [0.25, 0.3) is 0 Å². The summed E-state index contributed by atoms with van der Waals surface area (Å²) in [7, 11) is 0. The van der Waals surface area contributed by atoms with E-state index in [-0.39, 0.29) is 18.9 Å². The van der Waals surface area contributed by atoms with E-state index in [9.17, 15) is 0 Å². The van der Waals surface area contributed by atoms with E-state index in [0.29, 0.717) is 0 Å². The van der Waals surface area contributed by atoms with Crippen LogP contribution in [0.3, 0.4) is 0 Å². The molecule has 0 aliphatic heterocycles. The van der Waals surface area contributed by atoms with Gasteiger partial charge in [-0.15, -0.1) is 0 Å². The first-order valence-corrected chi connectivity index (χ1v) is 2.84. The molecule has 2 heteroatoms. The Bertz CT molecular complexity index is 46.5. The Morgan fingerprint density at radius 1 is 1.25 bits per heavy atom. The van der Waals surface area contributed by atoms with Gasteiger partial charge in [-0.05, 0) is 19.8 Å². The van der Waals surface area contributed by atoms with Crippen LogP contribution in [0.1, 0.15) is 33.6 Å². The van der Waals surface area contributed by atoms with Gasteiger partial charge in [-0.3, -0.25) is 0 Å². The first kappa shape index (κ1) is 11.4. The molecule has 0 spiro atoms. The summed E-state index contributed by atoms with van der Waals surface area (Å²) in [5.74, 6) is 0. The molecule has 8 heavy (non-hydrogen) atoms. The van der Waals surface area contributed by atoms with E-state index in [1.165, 1.54) is 0 Å². The van der Waals surface area contributed by atoms with Crippen LogP contribution >= 0.6 is 0 Å². The third-order valence-corrected chi connectivity index (χ3v) is 1.52. The standard InChI is InChI=1S/C6H14O.Li.H/c1-4-6(3,7)5-2;;/h7H,4-5H2,1-3H3;;. The van der Waals surface area contributed by atoms with Crippen LogP contribution in [0, 0.1) is 0 Å².